The molecule has 1 saturated heterocycles. The molecule has 1 N–H and O–H groups in total. The van der Waals surface area contributed by atoms with Gasteiger partial charge in [-0.15, -0.1) is 0 Å². The quantitative estimate of drug-likeness (QED) is 0.805. The molecule has 5 heteroatoms. The molecule has 1 fully saturated rings. The Hall–Kier alpha value is -0.650. The lowest BCUT2D eigenvalue weighted by molar-refractivity contribution is 0.175. The zero-order valence-electron chi connectivity index (χ0n) is 8.14. The number of aliphatic hydroxyl groups is 1. The molecule has 1 aromatic heterocycles. The van der Waals surface area contributed by atoms with Crippen molar-refractivity contribution in [3.8, 4) is 5.88 Å². The molecule has 2 rings (SSSR count). The van der Waals surface area contributed by atoms with Crippen LogP contribution in [-0.4, -0.2) is 40.7 Å². The van der Waals surface area contributed by atoms with Gasteiger partial charge in [-0.25, -0.2) is 0 Å². The highest BCUT2D eigenvalue weighted by molar-refractivity contribution is 7.05. The average molecular weight is 214 g/mol. The fourth-order valence-corrected chi connectivity index (χ4v) is 2.37. The first-order chi connectivity index (χ1) is 6.78. The highest BCUT2D eigenvalue weighted by atomic mass is 32.1. The average Bonchev–Trinajstić information content (AvgIpc) is 2.76. The van der Waals surface area contributed by atoms with E-state index in [2.05, 4.69) is 9.27 Å². The van der Waals surface area contributed by atoms with Gasteiger partial charge in [0.25, 0.3) is 0 Å². The maximum Gasteiger partial charge on any atom is 0.225 e. The van der Waals surface area contributed by atoms with Crippen LogP contribution < -0.4 is 4.74 Å². The molecule has 1 atom stereocenters. The van der Waals surface area contributed by atoms with E-state index in [1.54, 1.807) is 7.11 Å². The fourth-order valence-electron chi connectivity index (χ4n) is 1.64. The minimum Gasteiger partial charge on any atom is -0.480 e. The SMILES string of the molecule is COc1cc(CN2CCC(O)C2)sn1. The zero-order valence-corrected chi connectivity index (χ0v) is 8.96. The Bertz CT molecular complexity index is 303. The van der Waals surface area contributed by atoms with E-state index < -0.39 is 0 Å². The molecule has 0 bridgehead atoms. The highest BCUT2D eigenvalue weighted by Gasteiger charge is 2.20. The first-order valence-corrected chi connectivity index (χ1v) is 5.45. The van der Waals surface area contributed by atoms with Crippen molar-refractivity contribution in [1.29, 1.82) is 0 Å². The number of methoxy groups -OCH3 is 1. The van der Waals surface area contributed by atoms with Crippen molar-refractivity contribution in [2.24, 2.45) is 0 Å². The third-order valence-electron chi connectivity index (χ3n) is 2.37. The number of hydrogen-bond acceptors (Lipinski definition) is 5. The van der Waals surface area contributed by atoms with Crippen LogP contribution in [0.25, 0.3) is 0 Å². The van der Waals surface area contributed by atoms with Gasteiger partial charge >= 0.3 is 0 Å². The van der Waals surface area contributed by atoms with Gasteiger partial charge in [-0.1, -0.05) is 0 Å². The van der Waals surface area contributed by atoms with Crippen molar-refractivity contribution in [3.05, 3.63) is 10.9 Å². The molecule has 78 valence electrons. The normalized spacial score (nSPS) is 22.9. The van der Waals surface area contributed by atoms with E-state index in [0.717, 1.165) is 26.1 Å². The summed E-state index contributed by atoms with van der Waals surface area (Å²) < 4.78 is 9.14. The molecule has 1 unspecified atom stereocenters. The molecule has 0 radical (unpaired) electrons. The third-order valence-corrected chi connectivity index (χ3v) is 3.13. The van der Waals surface area contributed by atoms with Crippen LogP contribution in [0.4, 0.5) is 0 Å². The van der Waals surface area contributed by atoms with E-state index in [4.69, 9.17) is 4.74 Å². The maximum atomic E-state index is 9.35. The van der Waals surface area contributed by atoms with Gasteiger partial charge in [0.15, 0.2) is 0 Å². The van der Waals surface area contributed by atoms with Crippen LogP contribution in [-0.2, 0) is 6.54 Å². The standard InChI is InChI=1S/C9H14N2O2S/c1-13-9-4-8(14-10-9)6-11-3-2-7(12)5-11/h4,7,12H,2-3,5-6H2,1H3. The molecule has 1 aliphatic rings. The van der Waals surface area contributed by atoms with Gasteiger partial charge in [-0.05, 0) is 18.0 Å². The van der Waals surface area contributed by atoms with Gasteiger partial charge in [0.1, 0.15) is 0 Å². The summed E-state index contributed by atoms with van der Waals surface area (Å²) in [7, 11) is 1.62. The van der Waals surface area contributed by atoms with Crippen LogP contribution in [0.5, 0.6) is 5.88 Å². The molecule has 0 spiro atoms. The fraction of sp³-hybridized carbons (Fsp3) is 0.667. The zero-order chi connectivity index (χ0) is 9.97. The van der Waals surface area contributed by atoms with Crippen molar-refractivity contribution in [2.45, 2.75) is 19.1 Å². The molecule has 1 aromatic rings. The Labute approximate surface area is 87.3 Å². The van der Waals surface area contributed by atoms with Gasteiger partial charge in [0, 0.05) is 30.6 Å². The number of hydrogen-bond donors (Lipinski definition) is 1. The highest BCUT2D eigenvalue weighted by Crippen LogP contribution is 2.20. The van der Waals surface area contributed by atoms with Crippen molar-refractivity contribution in [3.63, 3.8) is 0 Å². The first kappa shape index (κ1) is 9.89. The number of β-amino-alcohol motifs (C(OH)–C–C–N with tert-alkyl or cyclic N) is 1. The summed E-state index contributed by atoms with van der Waals surface area (Å²) in [5.41, 5.74) is 0. The van der Waals surface area contributed by atoms with Gasteiger partial charge < -0.3 is 9.84 Å². The van der Waals surface area contributed by atoms with Crippen LogP contribution in [0, 0.1) is 0 Å². The lowest BCUT2D eigenvalue weighted by Crippen LogP contribution is -2.20. The summed E-state index contributed by atoms with van der Waals surface area (Å²) in [4.78, 5) is 3.42. The van der Waals surface area contributed by atoms with Gasteiger partial charge in [0.05, 0.1) is 13.2 Å². The monoisotopic (exact) mass is 214 g/mol. The smallest absolute Gasteiger partial charge is 0.225 e. The van der Waals surface area contributed by atoms with E-state index in [1.807, 2.05) is 6.07 Å². The topological polar surface area (TPSA) is 45.6 Å². The number of ether oxygens (including phenoxy) is 1. The summed E-state index contributed by atoms with van der Waals surface area (Å²) >= 11 is 1.46. The Morgan fingerprint density at radius 3 is 3.21 bits per heavy atom. The largest absolute Gasteiger partial charge is 0.480 e. The van der Waals surface area contributed by atoms with E-state index in [1.165, 1.54) is 16.4 Å². The van der Waals surface area contributed by atoms with E-state index in [0.29, 0.717) is 5.88 Å². The van der Waals surface area contributed by atoms with Crippen LogP contribution in [0.1, 0.15) is 11.3 Å². The number of likely N-dealkylation sites (tertiary alicyclic amines) is 1. The van der Waals surface area contributed by atoms with Crippen molar-refractivity contribution < 1.29 is 9.84 Å². The lowest BCUT2D eigenvalue weighted by Gasteiger charge is -2.12. The summed E-state index contributed by atoms with van der Waals surface area (Å²) in [6.07, 6.45) is 0.737. The minimum absolute atomic E-state index is 0.148. The Kier molecular flexibility index (Phi) is 3.00. The van der Waals surface area contributed by atoms with Gasteiger partial charge in [-0.2, -0.15) is 4.37 Å². The summed E-state index contributed by atoms with van der Waals surface area (Å²) in [5.74, 6) is 0.685. The van der Waals surface area contributed by atoms with Crippen molar-refractivity contribution in [1.82, 2.24) is 9.27 Å². The molecule has 14 heavy (non-hydrogen) atoms. The Morgan fingerprint density at radius 1 is 1.79 bits per heavy atom. The predicted octanol–water partition coefficient (Wildman–Crippen LogP) is 0.718. The molecule has 1 aliphatic heterocycles. The number of aliphatic hydroxyl groups excluding tert-OH is 1. The van der Waals surface area contributed by atoms with Crippen molar-refractivity contribution >= 4 is 11.5 Å². The predicted molar refractivity (Wildman–Crippen MR) is 54.6 cm³/mol. The number of rotatable bonds is 3. The Morgan fingerprint density at radius 2 is 2.64 bits per heavy atom. The second-order valence-electron chi connectivity index (χ2n) is 3.51. The molecule has 2 heterocycles. The third kappa shape index (κ3) is 2.23. The van der Waals surface area contributed by atoms with Gasteiger partial charge in [-0.3, -0.25) is 4.90 Å². The molecule has 0 aliphatic carbocycles. The second-order valence-corrected chi connectivity index (χ2v) is 4.40. The number of nitrogens with zero attached hydrogens (tertiary/aromatic N) is 2. The summed E-state index contributed by atoms with van der Waals surface area (Å²) in [5, 5.41) is 9.35. The maximum absolute atomic E-state index is 9.35. The van der Waals surface area contributed by atoms with Crippen LogP contribution >= 0.6 is 11.5 Å². The number of aromatic nitrogens is 1. The molecule has 4 nitrogen and oxygen atoms in total. The Balaban J connectivity index is 1.90. The van der Waals surface area contributed by atoms with Crippen LogP contribution in [0.2, 0.25) is 0 Å². The molecular weight excluding hydrogens is 200 g/mol. The van der Waals surface area contributed by atoms with Crippen LogP contribution in [0.3, 0.4) is 0 Å². The molecule has 0 amide bonds. The molecule has 0 aromatic carbocycles. The second kappa shape index (κ2) is 4.25. The minimum atomic E-state index is -0.148. The first-order valence-electron chi connectivity index (χ1n) is 4.68. The summed E-state index contributed by atoms with van der Waals surface area (Å²) in [6, 6.07) is 1.95. The van der Waals surface area contributed by atoms with Crippen molar-refractivity contribution in [2.75, 3.05) is 20.2 Å². The van der Waals surface area contributed by atoms with E-state index in [-0.39, 0.29) is 6.10 Å². The molecular formula is C9H14N2O2S. The van der Waals surface area contributed by atoms with Gasteiger partial charge in [0.2, 0.25) is 5.88 Å². The summed E-state index contributed by atoms with van der Waals surface area (Å²) in [6.45, 7) is 2.62. The van der Waals surface area contributed by atoms with E-state index in [9.17, 15) is 5.11 Å². The molecule has 0 saturated carbocycles. The van der Waals surface area contributed by atoms with E-state index >= 15 is 0 Å². The lowest BCUT2D eigenvalue weighted by atomic mass is 10.3. The van der Waals surface area contributed by atoms with Crippen LogP contribution in [0.15, 0.2) is 6.07 Å².